The van der Waals surface area contributed by atoms with Gasteiger partial charge in [-0.05, 0) is 28.8 Å². The average Bonchev–Trinajstić information content (AvgIpc) is 3.13. The smallest absolute Gasteiger partial charge is 0.364 e. The summed E-state index contributed by atoms with van der Waals surface area (Å²) in [4.78, 5) is 4.81. The van der Waals surface area contributed by atoms with Crippen molar-refractivity contribution in [3.63, 3.8) is 0 Å². The first-order valence-electron chi connectivity index (χ1n) is 8.97. The Balaban J connectivity index is 1.59. The van der Waals surface area contributed by atoms with Gasteiger partial charge in [-0.3, -0.25) is 4.99 Å². The van der Waals surface area contributed by atoms with Crippen LogP contribution in [-0.2, 0) is 6.18 Å². The van der Waals surface area contributed by atoms with E-state index in [1.54, 1.807) is 6.42 Å². The molecule has 0 saturated carbocycles. The van der Waals surface area contributed by atoms with Gasteiger partial charge in [-0.1, -0.05) is 72.8 Å². The number of alkyl halides is 3. The number of benzene rings is 3. The SMILES string of the molecule is FC(F)(F)c1ccc([CH]C2=N[C@@H](c3ccccc3)[C@H](c3ccccc3)N2)cc1. The summed E-state index contributed by atoms with van der Waals surface area (Å²) in [5.74, 6) is 0.655. The van der Waals surface area contributed by atoms with E-state index in [1.807, 2.05) is 60.7 Å². The summed E-state index contributed by atoms with van der Waals surface area (Å²) in [6.45, 7) is 0. The van der Waals surface area contributed by atoms with Crippen molar-refractivity contribution in [3.05, 3.63) is 114 Å². The number of nitrogens with zero attached hydrogens (tertiary/aromatic N) is 1. The summed E-state index contributed by atoms with van der Waals surface area (Å²) in [7, 11) is 0. The molecule has 0 saturated heterocycles. The first-order valence-corrected chi connectivity index (χ1v) is 8.97. The first kappa shape index (κ1) is 18.3. The summed E-state index contributed by atoms with van der Waals surface area (Å²) in [6, 6.07) is 25.0. The Morgan fingerprint density at radius 2 is 1.32 bits per heavy atom. The van der Waals surface area contributed by atoms with E-state index in [0.717, 1.165) is 23.3 Å². The summed E-state index contributed by atoms with van der Waals surface area (Å²) >= 11 is 0. The molecule has 1 N–H and O–H groups in total. The van der Waals surface area contributed by atoms with Crippen LogP contribution in [0.15, 0.2) is 89.9 Å². The zero-order valence-corrected chi connectivity index (χ0v) is 14.9. The van der Waals surface area contributed by atoms with Gasteiger partial charge in [-0.25, -0.2) is 0 Å². The van der Waals surface area contributed by atoms with E-state index in [1.165, 1.54) is 12.1 Å². The molecule has 28 heavy (non-hydrogen) atoms. The Hall–Kier alpha value is -3.08. The standard InChI is InChI=1S/C23H18F3N2/c24-23(25,26)19-13-11-16(12-14-19)15-20-27-21(17-7-3-1-4-8-17)22(28-20)18-9-5-2-6-10-18/h1-15,21-22H,(H,27,28)/t21-,22-/m0/s1. The van der Waals surface area contributed by atoms with Gasteiger partial charge in [0.15, 0.2) is 0 Å². The number of hydrogen-bond donors (Lipinski definition) is 1. The predicted molar refractivity (Wildman–Crippen MR) is 104 cm³/mol. The van der Waals surface area contributed by atoms with Crippen LogP contribution in [0.3, 0.4) is 0 Å². The number of amidine groups is 1. The van der Waals surface area contributed by atoms with Crippen LogP contribution in [0.1, 0.15) is 34.3 Å². The van der Waals surface area contributed by atoms with Crippen molar-refractivity contribution in [1.29, 1.82) is 0 Å². The average molecular weight is 379 g/mol. The van der Waals surface area contributed by atoms with E-state index >= 15 is 0 Å². The lowest BCUT2D eigenvalue weighted by Crippen LogP contribution is -2.24. The van der Waals surface area contributed by atoms with Crippen molar-refractivity contribution in [2.24, 2.45) is 4.99 Å². The molecule has 2 nitrogen and oxygen atoms in total. The lowest BCUT2D eigenvalue weighted by molar-refractivity contribution is -0.137. The van der Waals surface area contributed by atoms with Crippen molar-refractivity contribution in [2.75, 3.05) is 0 Å². The van der Waals surface area contributed by atoms with Crippen LogP contribution in [0.4, 0.5) is 13.2 Å². The van der Waals surface area contributed by atoms with E-state index in [9.17, 15) is 13.2 Å². The highest BCUT2D eigenvalue weighted by Crippen LogP contribution is 2.36. The van der Waals surface area contributed by atoms with Gasteiger partial charge in [0.1, 0.15) is 11.9 Å². The predicted octanol–water partition coefficient (Wildman–Crippen LogP) is 5.74. The number of hydrogen-bond acceptors (Lipinski definition) is 2. The minimum absolute atomic E-state index is 0.0377. The number of halogens is 3. The molecule has 0 fully saturated rings. The zero-order valence-electron chi connectivity index (χ0n) is 14.9. The third-order valence-corrected chi connectivity index (χ3v) is 4.74. The maximum Gasteiger partial charge on any atom is 0.416 e. The van der Waals surface area contributed by atoms with Gasteiger partial charge in [0, 0.05) is 0 Å². The Labute approximate surface area is 161 Å². The molecule has 1 aliphatic rings. The Bertz CT molecular complexity index is 949. The van der Waals surface area contributed by atoms with E-state index < -0.39 is 11.7 Å². The molecule has 4 rings (SSSR count). The summed E-state index contributed by atoms with van der Waals surface area (Å²) in [5, 5.41) is 3.42. The van der Waals surface area contributed by atoms with Crippen LogP contribution in [0.2, 0.25) is 0 Å². The molecule has 1 radical (unpaired) electrons. The highest BCUT2D eigenvalue weighted by Gasteiger charge is 2.32. The third-order valence-electron chi connectivity index (χ3n) is 4.74. The van der Waals surface area contributed by atoms with Gasteiger partial charge in [0.25, 0.3) is 0 Å². The van der Waals surface area contributed by atoms with Crippen molar-refractivity contribution < 1.29 is 13.2 Å². The van der Waals surface area contributed by atoms with Gasteiger partial charge >= 0.3 is 6.18 Å². The summed E-state index contributed by atoms with van der Waals surface area (Å²) in [6.07, 6.45) is -2.56. The lowest BCUT2D eigenvalue weighted by atomic mass is 9.95. The molecule has 141 valence electrons. The Morgan fingerprint density at radius 3 is 1.89 bits per heavy atom. The quantitative estimate of drug-likeness (QED) is 0.614. The van der Waals surface area contributed by atoms with Crippen molar-refractivity contribution in [1.82, 2.24) is 5.32 Å². The minimum atomic E-state index is -4.33. The van der Waals surface area contributed by atoms with Gasteiger partial charge in [-0.2, -0.15) is 13.2 Å². The highest BCUT2D eigenvalue weighted by atomic mass is 19.4. The van der Waals surface area contributed by atoms with Gasteiger partial charge < -0.3 is 5.32 Å². The second-order valence-corrected chi connectivity index (χ2v) is 6.67. The second-order valence-electron chi connectivity index (χ2n) is 6.67. The van der Waals surface area contributed by atoms with Gasteiger partial charge in [0.05, 0.1) is 18.0 Å². The van der Waals surface area contributed by atoms with Crippen LogP contribution < -0.4 is 5.32 Å². The number of aliphatic imine (C=N–C) groups is 1. The molecule has 3 aromatic carbocycles. The maximum atomic E-state index is 12.8. The molecular formula is C23H18F3N2. The van der Waals surface area contributed by atoms with Crippen LogP contribution in [0.25, 0.3) is 0 Å². The van der Waals surface area contributed by atoms with Crippen molar-refractivity contribution in [2.45, 2.75) is 18.3 Å². The van der Waals surface area contributed by atoms with E-state index in [-0.39, 0.29) is 12.1 Å². The lowest BCUT2D eigenvalue weighted by Gasteiger charge is -2.19. The maximum absolute atomic E-state index is 12.8. The Morgan fingerprint density at radius 1 is 0.750 bits per heavy atom. The van der Waals surface area contributed by atoms with Gasteiger partial charge in [-0.15, -0.1) is 0 Å². The molecule has 5 heteroatoms. The van der Waals surface area contributed by atoms with Crippen LogP contribution in [-0.4, -0.2) is 5.84 Å². The van der Waals surface area contributed by atoms with Crippen molar-refractivity contribution >= 4 is 5.84 Å². The molecule has 0 bridgehead atoms. The minimum Gasteiger partial charge on any atom is -0.364 e. The second kappa shape index (κ2) is 7.50. The monoisotopic (exact) mass is 379 g/mol. The molecule has 2 atom stereocenters. The molecule has 1 aliphatic heterocycles. The topological polar surface area (TPSA) is 24.4 Å². The molecule has 0 aromatic heterocycles. The fourth-order valence-corrected chi connectivity index (χ4v) is 3.35. The molecule has 0 aliphatic carbocycles. The molecule has 0 spiro atoms. The fraction of sp³-hybridized carbons (Fsp3) is 0.130. The number of rotatable bonds is 4. The molecular weight excluding hydrogens is 361 g/mol. The molecule has 3 aromatic rings. The fourth-order valence-electron chi connectivity index (χ4n) is 3.35. The largest absolute Gasteiger partial charge is 0.416 e. The zero-order chi connectivity index (χ0) is 19.6. The van der Waals surface area contributed by atoms with E-state index in [4.69, 9.17) is 4.99 Å². The molecule has 0 amide bonds. The van der Waals surface area contributed by atoms with Crippen LogP contribution >= 0.6 is 0 Å². The van der Waals surface area contributed by atoms with E-state index in [0.29, 0.717) is 11.4 Å². The summed E-state index contributed by atoms with van der Waals surface area (Å²) < 4.78 is 38.3. The summed E-state index contributed by atoms with van der Waals surface area (Å²) in [5.41, 5.74) is 2.20. The first-order chi connectivity index (χ1) is 13.5. The third kappa shape index (κ3) is 3.93. The van der Waals surface area contributed by atoms with Gasteiger partial charge in [0.2, 0.25) is 0 Å². The van der Waals surface area contributed by atoms with E-state index in [2.05, 4.69) is 5.32 Å². The highest BCUT2D eigenvalue weighted by molar-refractivity contribution is 5.95. The molecule has 0 unspecified atom stereocenters. The normalized spacial score (nSPS) is 19.2. The Kier molecular flexibility index (Phi) is 4.90. The van der Waals surface area contributed by atoms with Crippen molar-refractivity contribution in [3.8, 4) is 0 Å². The van der Waals surface area contributed by atoms with Crippen LogP contribution in [0, 0.1) is 6.42 Å². The van der Waals surface area contributed by atoms with Crippen LogP contribution in [0.5, 0.6) is 0 Å². The number of nitrogens with one attached hydrogen (secondary N) is 1. The molecule has 1 heterocycles.